The molecule has 1 aliphatic heterocycles. The number of piperidine rings is 1. The van der Waals surface area contributed by atoms with E-state index in [4.69, 9.17) is 0 Å². The number of likely N-dealkylation sites (tertiary alicyclic amines) is 1. The van der Waals surface area contributed by atoms with Gasteiger partial charge in [0.1, 0.15) is 11.6 Å². The lowest BCUT2D eigenvalue weighted by Crippen LogP contribution is -2.50. The molecule has 1 aromatic rings. The fourth-order valence-electron chi connectivity index (χ4n) is 2.50. The lowest BCUT2D eigenvalue weighted by Gasteiger charge is -2.33. The van der Waals surface area contributed by atoms with Gasteiger partial charge in [0, 0.05) is 31.0 Å². The molecule has 1 aromatic carbocycles. The SMILES string of the molecule is CC(=O)N[C@@H]1CCCN(C(=O)C[S@](=O)c2cccc(F)c2)C1. The van der Waals surface area contributed by atoms with Gasteiger partial charge in [-0.05, 0) is 31.0 Å². The van der Waals surface area contributed by atoms with Crippen molar-refractivity contribution in [3.63, 3.8) is 0 Å². The average molecular weight is 326 g/mol. The van der Waals surface area contributed by atoms with E-state index in [2.05, 4.69) is 5.32 Å². The Bertz CT molecular complexity index is 594. The number of nitrogens with one attached hydrogen (secondary N) is 1. The number of carbonyl (C=O) groups excluding carboxylic acids is 2. The predicted molar refractivity (Wildman–Crippen MR) is 81.1 cm³/mol. The normalized spacial score (nSPS) is 19.5. The molecule has 2 atom stereocenters. The van der Waals surface area contributed by atoms with Gasteiger partial charge in [-0.25, -0.2) is 4.39 Å². The third-order valence-electron chi connectivity index (χ3n) is 3.50. The maximum absolute atomic E-state index is 13.1. The Morgan fingerprint density at radius 2 is 2.23 bits per heavy atom. The molecule has 1 N–H and O–H groups in total. The zero-order valence-corrected chi connectivity index (χ0v) is 13.2. The van der Waals surface area contributed by atoms with E-state index in [1.165, 1.54) is 25.1 Å². The first-order valence-corrected chi connectivity index (χ1v) is 8.46. The van der Waals surface area contributed by atoms with Crippen LogP contribution in [0.2, 0.25) is 0 Å². The Morgan fingerprint density at radius 3 is 2.91 bits per heavy atom. The van der Waals surface area contributed by atoms with Crippen LogP contribution in [0.1, 0.15) is 19.8 Å². The number of nitrogens with zero attached hydrogens (tertiary/aromatic N) is 1. The zero-order chi connectivity index (χ0) is 16.1. The lowest BCUT2D eigenvalue weighted by molar-refractivity contribution is -0.130. The summed E-state index contributed by atoms with van der Waals surface area (Å²) in [6, 6.07) is 5.41. The fourth-order valence-corrected chi connectivity index (χ4v) is 3.55. The van der Waals surface area contributed by atoms with Crippen LogP contribution in [0.25, 0.3) is 0 Å². The predicted octanol–water partition coefficient (Wildman–Crippen LogP) is 1.06. The van der Waals surface area contributed by atoms with Crippen molar-refractivity contribution in [1.29, 1.82) is 0 Å². The maximum atomic E-state index is 13.1. The molecule has 2 amide bonds. The Hall–Kier alpha value is -1.76. The minimum absolute atomic E-state index is 0.0576. The van der Waals surface area contributed by atoms with Gasteiger partial charge in [0.15, 0.2) is 0 Å². The van der Waals surface area contributed by atoms with Crippen LogP contribution in [0.15, 0.2) is 29.2 Å². The summed E-state index contributed by atoms with van der Waals surface area (Å²) in [7, 11) is -1.57. The monoisotopic (exact) mass is 326 g/mol. The highest BCUT2D eigenvalue weighted by Crippen LogP contribution is 2.13. The van der Waals surface area contributed by atoms with Gasteiger partial charge in [0.05, 0.1) is 10.8 Å². The molecule has 0 aromatic heterocycles. The highest BCUT2D eigenvalue weighted by atomic mass is 32.2. The Morgan fingerprint density at radius 1 is 1.45 bits per heavy atom. The Kier molecular flexibility index (Phi) is 5.65. The number of rotatable bonds is 4. The first-order chi connectivity index (χ1) is 10.5. The van der Waals surface area contributed by atoms with Gasteiger partial charge in [0.2, 0.25) is 11.8 Å². The van der Waals surface area contributed by atoms with Gasteiger partial charge in [-0.1, -0.05) is 6.07 Å². The minimum atomic E-state index is -1.57. The number of carbonyl (C=O) groups is 2. The number of halogens is 1. The standard InChI is InChI=1S/C15H19FN2O3S/c1-11(19)17-13-5-3-7-18(9-13)15(20)10-22(21)14-6-2-4-12(16)8-14/h2,4,6,8,13H,3,5,7,9-10H2,1H3,(H,17,19)/t13-,22+/m1/s1. The summed E-state index contributed by atoms with van der Waals surface area (Å²) in [5.41, 5.74) is 0. The molecule has 1 saturated heterocycles. The quantitative estimate of drug-likeness (QED) is 0.900. The number of hydrogen-bond donors (Lipinski definition) is 1. The van der Waals surface area contributed by atoms with Gasteiger partial charge < -0.3 is 10.2 Å². The van der Waals surface area contributed by atoms with E-state index in [9.17, 15) is 18.2 Å². The van der Waals surface area contributed by atoms with E-state index >= 15 is 0 Å². The van der Waals surface area contributed by atoms with Crippen molar-refractivity contribution in [1.82, 2.24) is 10.2 Å². The van der Waals surface area contributed by atoms with Gasteiger partial charge in [-0.15, -0.1) is 0 Å². The topological polar surface area (TPSA) is 66.5 Å². The van der Waals surface area contributed by atoms with Gasteiger partial charge in [-0.3, -0.25) is 13.8 Å². The average Bonchev–Trinajstić information content (AvgIpc) is 2.46. The van der Waals surface area contributed by atoms with Crippen LogP contribution in [0, 0.1) is 5.82 Å². The van der Waals surface area contributed by atoms with E-state index in [-0.39, 0.29) is 23.6 Å². The molecular weight excluding hydrogens is 307 g/mol. The molecule has 0 radical (unpaired) electrons. The van der Waals surface area contributed by atoms with Crippen molar-refractivity contribution in [2.24, 2.45) is 0 Å². The molecule has 1 fully saturated rings. The van der Waals surface area contributed by atoms with E-state index in [0.717, 1.165) is 12.8 Å². The van der Waals surface area contributed by atoms with Gasteiger partial charge in [0.25, 0.3) is 0 Å². The third-order valence-corrected chi connectivity index (χ3v) is 4.78. The molecule has 1 aliphatic rings. The van der Waals surface area contributed by atoms with Crippen molar-refractivity contribution < 1.29 is 18.2 Å². The van der Waals surface area contributed by atoms with E-state index in [0.29, 0.717) is 18.0 Å². The molecule has 5 nitrogen and oxygen atoms in total. The van der Waals surface area contributed by atoms with Crippen molar-refractivity contribution >= 4 is 22.6 Å². The van der Waals surface area contributed by atoms with Crippen LogP contribution in [0.5, 0.6) is 0 Å². The van der Waals surface area contributed by atoms with Crippen LogP contribution in [-0.4, -0.2) is 45.8 Å². The smallest absolute Gasteiger partial charge is 0.235 e. The van der Waals surface area contributed by atoms with Crippen molar-refractivity contribution in [3.8, 4) is 0 Å². The molecule has 120 valence electrons. The molecule has 0 bridgehead atoms. The van der Waals surface area contributed by atoms with Crippen LogP contribution < -0.4 is 5.32 Å². The second kappa shape index (κ2) is 7.49. The number of hydrogen-bond acceptors (Lipinski definition) is 3. The first kappa shape index (κ1) is 16.6. The first-order valence-electron chi connectivity index (χ1n) is 7.14. The van der Waals surface area contributed by atoms with E-state index < -0.39 is 16.6 Å². The second-order valence-corrected chi connectivity index (χ2v) is 6.78. The summed E-state index contributed by atoms with van der Waals surface area (Å²) in [5, 5.41) is 2.80. The van der Waals surface area contributed by atoms with E-state index in [1.54, 1.807) is 11.0 Å². The van der Waals surface area contributed by atoms with Crippen molar-refractivity contribution in [2.45, 2.75) is 30.7 Å². The van der Waals surface area contributed by atoms with Crippen molar-refractivity contribution in [3.05, 3.63) is 30.1 Å². The molecule has 7 heteroatoms. The minimum Gasteiger partial charge on any atom is -0.352 e. The molecular formula is C15H19FN2O3S. The van der Waals surface area contributed by atoms with Crippen molar-refractivity contribution in [2.75, 3.05) is 18.8 Å². The van der Waals surface area contributed by atoms with Crippen LogP contribution in [0.4, 0.5) is 4.39 Å². The van der Waals surface area contributed by atoms with Crippen LogP contribution in [-0.2, 0) is 20.4 Å². The zero-order valence-electron chi connectivity index (χ0n) is 12.4. The number of amides is 2. The summed E-state index contributed by atoms with van der Waals surface area (Å²) >= 11 is 0. The molecule has 0 aliphatic carbocycles. The lowest BCUT2D eigenvalue weighted by atomic mass is 10.1. The summed E-state index contributed by atoms with van der Waals surface area (Å²) in [6.07, 6.45) is 1.62. The Labute approximate surface area is 131 Å². The van der Waals surface area contributed by atoms with Crippen LogP contribution >= 0.6 is 0 Å². The summed E-state index contributed by atoms with van der Waals surface area (Å²) in [4.78, 5) is 25.2. The summed E-state index contributed by atoms with van der Waals surface area (Å²) in [6.45, 7) is 2.47. The summed E-state index contributed by atoms with van der Waals surface area (Å²) in [5.74, 6) is -1.00. The Balaban J connectivity index is 1.93. The molecule has 0 unspecified atom stereocenters. The molecule has 2 rings (SSSR count). The molecule has 22 heavy (non-hydrogen) atoms. The van der Waals surface area contributed by atoms with Gasteiger partial charge in [-0.2, -0.15) is 0 Å². The molecule has 0 spiro atoms. The fraction of sp³-hybridized carbons (Fsp3) is 0.467. The summed E-state index contributed by atoms with van der Waals surface area (Å²) < 4.78 is 25.3. The largest absolute Gasteiger partial charge is 0.352 e. The highest BCUT2D eigenvalue weighted by molar-refractivity contribution is 7.85. The number of benzene rings is 1. The maximum Gasteiger partial charge on any atom is 0.235 e. The highest BCUT2D eigenvalue weighted by Gasteiger charge is 2.25. The second-order valence-electron chi connectivity index (χ2n) is 5.33. The van der Waals surface area contributed by atoms with Gasteiger partial charge >= 0.3 is 0 Å². The van der Waals surface area contributed by atoms with E-state index in [1.807, 2.05) is 0 Å². The molecule has 0 saturated carbocycles. The van der Waals surface area contributed by atoms with Crippen LogP contribution in [0.3, 0.4) is 0 Å². The third kappa shape index (κ3) is 4.62. The molecule has 1 heterocycles.